The first-order chi connectivity index (χ1) is 12.5. The molecule has 1 aliphatic rings. The zero-order valence-corrected chi connectivity index (χ0v) is 14.9. The van der Waals surface area contributed by atoms with Crippen LogP contribution >= 0.6 is 23.4 Å². The lowest BCUT2D eigenvalue weighted by Crippen LogP contribution is -2.35. The molecule has 2 aromatic rings. The van der Waals surface area contributed by atoms with E-state index in [0.29, 0.717) is 16.3 Å². The van der Waals surface area contributed by atoms with Crippen LogP contribution in [-0.4, -0.2) is 28.2 Å². The van der Waals surface area contributed by atoms with Crippen molar-refractivity contribution < 1.29 is 19.5 Å². The Labute approximate surface area is 158 Å². The lowest BCUT2D eigenvalue weighted by atomic mass is 10.2. The van der Waals surface area contributed by atoms with Crippen molar-refractivity contribution in [2.75, 3.05) is 4.90 Å². The SMILES string of the molecule is O=C([O-])C[C@@H]1SC(=NC(=O)c2ccccc2)N(c2ccc(Cl)cc2)C1=O. The van der Waals surface area contributed by atoms with Gasteiger partial charge in [0.2, 0.25) is 5.91 Å². The fourth-order valence-electron chi connectivity index (χ4n) is 2.39. The summed E-state index contributed by atoms with van der Waals surface area (Å²) in [5, 5.41) is 10.6. The Bertz CT molecular complexity index is 884. The van der Waals surface area contributed by atoms with Crippen LogP contribution in [0.1, 0.15) is 16.8 Å². The third-order valence-corrected chi connectivity index (χ3v) is 4.98. The van der Waals surface area contributed by atoms with E-state index in [2.05, 4.69) is 4.99 Å². The third kappa shape index (κ3) is 3.95. The molecular formula is C18H12ClN2O4S-. The maximum atomic E-state index is 12.6. The molecule has 0 unspecified atom stereocenters. The van der Waals surface area contributed by atoms with E-state index in [4.69, 9.17) is 11.6 Å². The Morgan fingerprint density at radius 3 is 2.38 bits per heavy atom. The highest BCUT2D eigenvalue weighted by Gasteiger charge is 2.39. The fourth-order valence-corrected chi connectivity index (χ4v) is 3.63. The molecule has 1 heterocycles. The Hall–Kier alpha value is -2.64. The molecule has 0 bridgehead atoms. The van der Waals surface area contributed by atoms with Gasteiger partial charge >= 0.3 is 0 Å². The molecule has 2 amide bonds. The number of aliphatic imine (C=N–C) groups is 1. The van der Waals surface area contributed by atoms with Crippen LogP contribution in [-0.2, 0) is 9.59 Å². The number of amidine groups is 1. The predicted octanol–water partition coefficient (Wildman–Crippen LogP) is 2.12. The largest absolute Gasteiger partial charge is 0.550 e. The topological polar surface area (TPSA) is 89.9 Å². The second-order valence-electron chi connectivity index (χ2n) is 5.40. The van der Waals surface area contributed by atoms with Gasteiger partial charge in [0.05, 0.1) is 10.9 Å². The smallest absolute Gasteiger partial charge is 0.279 e. The average Bonchev–Trinajstić information content (AvgIpc) is 2.91. The van der Waals surface area contributed by atoms with Gasteiger partial charge in [-0.1, -0.05) is 41.6 Å². The number of benzene rings is 2. The minimum absolute atomic E-state index is 0.123. The van der Waals surface area contributed by atoms with E-state index in [1.165, 1.54) is 4.90 Å². The summed E-state index contributed by atoms with van der Waals surface area (Å²) >= 11 is 6.80. The molecule has 0 spiro atoms. The van der Waals surface area contributed by atoms with E-state index >= 15 is 0 Å². The highest BCUT2D eigenvalue weighted by Crippen LogP contribution is 2.34. The number of carboxylic acid groups (broad SMARTS) is 1. The van der Waals surface area contributed by atoms with Crippen LogP contribution in [0, 0.1) is 0 Å². The summed E-state index contributed by atoms with van der Waals surface area (Å²) in [4.78, 5) is 41.2. The van der Waals surface area contributed by atoms with Gasteiger partial charge in [0.1, 0.15) is 0 Å². The molecular weight excluding hydrogens is 376 g/mol. The van der Waals surface area contributed by atoms with Crippen molar-refractivity contribution in [1.29, 1.82) is 0 Å². The van der Waals surface area contributed by atoms with Crippen LogP contribution in [0.15, 0.2) is 59.6 Å². The summed E-state index contributed by atoms with van der Waals surface area (Å²) in [7, 11) is 0. The summed E-state index contributed by atoms with van der Waals surface area (Å²) in [6.45, 7) is 0. The number of thioether (sulfide) groups is 1. The van der Waals surface area contributed by atoms with Crippen LogP contribution < -0.4 is 10.0 Å². The molecule has 8 heteroatoms. The lowest BCUT2D eigenvalue weighted by molar-refractivity contribution is -0.305. The molecule has 1 saturated heterocycles. The standard InChI is InChI=1S/C18H13ClN2O4S/c19-12-6-8-13(9-7-12)21-17(25)14(10-15(22)23)26-18(21)20-16(24)11-4-2-1-3-5-11/h1-9,14H,10H2,(H,22,23)/p-1/t14-/m0/s1. The maximum absolute atomic E-state index is 12.6. The van der Waals surface area contributed by atoms with Gasteiger partial charge in [0, 0.05) is 23.0 Å². The van der Waals surface area contributed by atoms with Gasteiger partial charge in [-0.3, -0.25) is 14.5 Å². The van der Waals surface area contributed by atoms with Crippen LogP contribution in [0.3, 0.4) is 0 Å². The Kier molecular flexibility index (Phi) is 5.39. The summed E-state index contributed by atoms with van der Waals surface area (Å²) in [6.07, 6.45) is -0.466. The van der Waals surface area contributed by atoms with E-state index in [-0.39, 0.29) is 5.17 Å². The van der Waals surface area contributed by atoms with Crippen molar-refractivity contribution in [2.24, 2.45) is 4.99 Å². The number of nitrogens with zero attached hydrogens (tertiary/aromatic N) is 2. The average molecular weight is 388 g/mol. The number of halogens is 1. The second-order valence-corrected chi connectivity index (χ2v) is 7.00. The highest BCUT2D eigenvalue weighted by atomic mass is 35.5. The van der Waals surface area contributed by atoms with E-state index in [9.17, 15) is 19.5 Å². The van der Waals surface area contributed by atoms with Crippen molar-refractivity contribution >= 4 is 52.0 Å². The molecule has 2 aromatic carbocycles. The third-order valence-electron chi connectivity index (χ3n) is 3.59. The Morgan fingerprint density at radius 1 is 1.12 bits per heavy atom. The van der Waals surface area contributed by atoms with Gasteiger partial charge in [-0.25, -0.2) is 0 Å². The Balaban J connectivity index is 1.97. The Morgan fingerprint density at radius 2 is 1.77 bits per heavy atom. The zero-order valence-electron chi connectivity index (χ0n) is 13.3. The van der Waals surface area contributed by atoms with Crippen LogP contribution in [0.5, 0.6) is 0 Å². The van der Waals surface area contributed by atoms with E-state index in [0.717, 1.165) is 11.8 Å². The first-order valence-electron chi connectivity index (χ1n) is 7.60. The molecule has 132 valence electrons. The fraction of sp³-hybridized carbons (Fsp3) is 0.111. The molecule has 0 N–H and O–H groups in total. The number of carbonyl (C=O) groups excluding carboxylic acids is 3. The van der Waals surface area contributed by atoms with E-state index in [1.807, 2.05) is 0 Å². The van der Waals surface area contributed by atoms with Crippen molar-refractivity contribution in [3.05, 3.63) is 65.2 Å². The predicted molar refractivity (Wildman–Crippen MR) is 98.1 cm³/mol. The molecule has 0 aliphatic carbocycles. The monoisotopic (exact) mass is 387 g/mol. The summed E-state index contributed by atoms with van der Waals surface area (Å²) < 4.78 is 0. The van der Waals surface area contributed by atoms with E-state index in [1.54, 1.807) is 54.6 Å². The van der Waals surface area contributed by atoms with Gasteiger partial charge in [0.15, 0.2) is 5.17 Å². The molecule has 0 radical (unpaired) electrons. The molecule has 0 aromatic heterocycles. The summed E-state index contributed by atoms with van der Waals surface area (Å²) in [5.74, 6) is -2.34. The summed E-state index contributed by atoms with van der Waals surface area (Å²) in [6, 6.07) is 14.8. The number of hydrogen-bond donors (Lipinski definition) is 0. The number of carboxylic acids is 1. The van der Waals surface area contributed by atoms with Crippen molar-refractivity contribution in [1.82, 2.24) is 0 Å². The molecule has 1 aliphatic heterocycles. The zero-order chi connectivity index (χ0) is 18.7. The normalized spacial score (nSPS) is 18.3. The minimum Gasteiger partial charge on any atom is -0.550 e. The molecule has 3 rings (SSSR count). The minimum atomic E-state index is -1.34. The number of hydrogen-bond acceptors (Lipinski definition) is 5. The van der Waals surface area contributed by atoms with Crippen LogP contribution in [0.4, 0.5) is 5.69 Å². The second kappa shape index (κ2) is 7.72. The van der Waals surface area contributed by atoms with Crippen LogP contribution in [0.2, 0.25) is 5.02 Å². The van der Waals surface area contributed by atoms with Gasteiger partial charge in [0.25, 0.3) is 5.91 Å². The number of anilines is 1. The number of aliphatic carboxylic acids is 1. The van der Waals surface area contributed by atoms with Crippen molar-refractivity contribution in [2.45, 2.75) is 11.7 Å². The number of carbonyl (C=O) groups is 3. The first-order valence-corrected chi connectivity index (χ1v) is 8.85. The maximum Gasteiger partial charge on any atom is 0.279 e. The van der Waals surface area contributed by atoms with Crippen LogP contribution in [0.25, 0.3) is 0 Å². The molecule has 6 nitrogen and oxygen atoms in total. The van der Waals surface area contributed by atoms with Gasteiger partial charge in [-0.05, 0) is 36.4 Å². The summed E-state index contributed by atoms with van der Waals surface area (Å²) in [5.41, 5.74) is 0.819. The lowest BCUT2D eigenvalue weighted by Gasteiger charge is -2.16. The van der Waals surface area contributed by atoms with Crippen molar-refractivity contribution in [3.8, 4) is 0 Å². The van der Waals surface area contributed by atoms with Gasteiger partial charge in [-0.15, -0.1) is 0 Å². The quantitative estimate of drug-likeness (QED) is 0.801. The molecule has 1 fully saturated rings. The first kappa shape index (κ1) is 18.2. The highest BCUT2D eigenvalue weighted by molar-refractivity contribution is 8.16. The van der Waals surface area contributed by atoms with Gasteiger partial charge in [-0.2, -0.15) is 4.99 Å². The number of amides is 2. The molecule has 1 atom stereocenters. The van der Waals surface area contributed by atoms with E-state index < -0.39 is 29.5 Å². The van der Waals surface area contributed by atoms with Gasteiger partial charge < -0.3 is 9.90 Å². The molecule has 26 heavy (non-hydrogen) atoms. The molecule has 0 saturated carbocycles. The number of rotatable bonds is 4. The van der Waals surface area contributed by atoms with Crippen molar-refractivity contribution in [3.63, 3.8) is 0 Å².